The summed E-state index contributed by atoms with van der Waals surface area (Å²) < 4.78 is 11.0. The van der Waals surface area contributed by atoms with Gasteiger partial charge >= 0.3 is 0 Å². The van der Waals surface area contributed by atoms with Crippen molar-refractivity contribution in [1.82, 2.24) is 5.32 Å². The lowest BCUT2D eigenvalue weighted by molar-refractivity contribution is -0.116. The Kier molecular flexibility index (Phi) is 6.84. The van der Waals surface area contributed by atoms with E-state index in [9.17, 15) is 4.79 Å². The summed E-state index contributed by atoms with van der Waals surface area (Å²) in [7, 11) is 1.63. The van der Waals surface area contributed by atoms with E-state index in [-0.39, 0.29) is 11.3 Å². The van der Waals surface area contributed by atoms with E-state index in [1.165, 1.54) is 6.08 Å². The second-order valence-electron chi connectivity index (χ2n) is 6.99. The Hall–Kier alpha value is -2.75. The van der Waals surface area contributed by atoms with Crippen molar-refractivity contribution in [2.45, 2.75) is 26.2 Å². The Bertz CT molecular complexity index is 743. The maximum Gasteiger partial charge on any atom is 0.244 e. The molecule has 1 amide bonds. The molecule has 0 aliphatic heterocycles. The van der Waals surface area contributed by atoms with Crippen molar-refractivity contribution in [3.8, 4) is 11.5 Å². The van der Waals surface area contributed by atoms with E-state index >= 15 is 0 Å². The van der Waals surface area contributed by atoms with Crippen LogP contribution < -0.4 is 14.8 Å². The quantitative estimate of drug-likeness (QED) is 0.599. The molecule has 4 nitrogen and oxygen atoms in total. The van der Waals surface area contributed by atoms with Crippen LogP contribution in [0, 0.1) is 0 Å². The molecule has 0 aromatic heterocycles. The number of hydrogen-bond donors (Lipinski definition) is 1. The molecule has 0 aliphatic carbocycles. The standard InChI is InChI=1S/C22H27NO3/c1-22(2,3)19-7-5-6-8-20(19)26-16-15-23-21(24)14-11-17-9-12-18(25-4)13-10-17/h5-14H,15-16H2,1-4H3,(H,23,24)/b14-11+. The van der Waals surface area contributed by atoms with Gasteiger partial charge in [0.05, 0.1) is 13.7 Å². The summed E-state index contributed by atoms with van der Waals surface area (Å²) in [6.07, 6.45) is 3.29. The summed E-state index contributed by atoms with van der Waals surface area (Å²) in [5.41, 5.74) is 2.11. The van der Waals surface area contributed by atoms with Gasteiger partial charge in [0.1, 0.15) is 18.1 Å². The highest BCUT2D eigenvalue weighted by molar-refractivity contribution is 5.91. The first-order valence-electron chi connectivity index (χ1n) is 8.72. The number of nitrogens with one attached hydrogen (secondary N) is 1. The summed E-state index contributed by atoms with van der Waals surface area (Å²) in [6, 6.07) is 15.5. The molecule has 26 heavy (non-hydrogen) atoms. The van der Waals surface area contributed by atoms with Gasteiger partial charge < -0.3 is 14.8 Å². The number of rotatable bonds is 7. The fourth-order valence-electron chi connectivity index (χ4n) is 2.49. The molecule has 0 unspecified atom stereocenters. The number of para-hydroxylation sites is 1. The Morgan fingerprint density at radius 2 is 1.77 bits per heavy atom. The van der Waals surface area contributed by atoms with Crippen LogP contribution in [0.5, 0.6) is 11.5 Å². The number of hydrogen-bond acceptors (Lipinski definition) is 3. The lowest BCUT2D eigenvalue weighted by atomic mass is 9.86. The molecular weight excluding hydrogens is 326 g/mol. The fourth-order valence-corrected chi connectivity index (χ4v) is 2.49. The van der Waals surface area contributed by atoms with Gasteiger partial charge in [-0.2, -0.15) is 0 Å². The predicted octanol–water partition coefficient (Wildman–Crippen LogP) is 4.20. The zero-order chi connectivity index (χ0) is 19.0. The summed E-state index contributed by atoms with van der Waals surface area (Å²) in [5.74, 6) is 1.51. The molecule has 0 heterocycles. The zero-order valence-electron chi connectivity index (χ0n) is 15.9. The molecule has 2 rings (SSSR count). The SMILES string of the molecule is COc1ccc(/C=C/C(=O)NCCOc2ccccc2C(C)(C)C)cc1. The fraction of sp³-hybridized carbons (Fsp3) is 0.318. The summed E-state index contributed by atoms with van der Waals surface area (Å²) in [5, 5.41) is 2.83. The molecule has 0 atom stereocenters. The van der Waals surface area contributed by atoms with Gasteiger partial charge in [-0.15, -0.1) is 0 Å². The number of carbonyl (C=O) groups excluding carboxylic acids is 1. The highest BCUT2D eigenvalue weighted by atomic mass is 16.5. The first-order valence-corrected chi connectivity index (χ1v) is 8.72. The van der Waals surface area contributed by atoms with Gasteiger partial charge in [0.25, 0.3) is 0 Å². The van der Waals surface area contributed by atoms with Gasteiger partial charge in [-0.05, 0) is 40.8 Å². The zero-order valence-corrected chi connectivity index (χ0v) is 15.9. The van der Waals surface area contributed by atoms with Crippen molar-refractivity contribution in [1.29, 1.82) is 0 Å². The highest BCUT2D eigenvalue weighted by Crippen LogP contribution is 2.30. The van der Waals surface area contributed by atoms with E-state index in [4.69, 9.17) is 9.47 Å². The topological polar surface area (TPSA) is 47.6 Å². The first-order chi connectivity index (χ1) is 12.4. The number of amides is 1. The Morgan fingerprint density at radius 1 is 1.08 bits per heavy atom. The molecule has 0 saturated heterocycles. The van der Waals surface area contributed by atoms with Crippen molar-refractivity contribution in [3.63, 3.8) is 0 Å². The molecule has 0 saturated carbocycles. The number of benzene rings is 2. The van der Waals surface area contributed by atoms with Gasteiger partial charge in [-0.3, -0.25) is 4.79 Å². The summed E-state index contributed by atoms with van der Waals surface area (Å²) >= 11 is 0. The van der Waals surface area contributed by atoms with Gasteiger partial charge in [0.15, 0.2) is 0 Å². The third-order valence-corrected chi connectivity index (χ3v) is 3.90. The second kappa shape index (κ2) is 9.09. The minimum atomic E-state index is -0.145. The van der Waals surface area contributed by atoms with Crippen LogP contribution in [-0.4, -0.2) is 26.2 Å². The third-order valence-electron chi connectivity index (χ3n) is 3.90. The van der Waals surface area contributed by atoms with Crippen molar-refractivity contribution in [2.75, 3.05) is 20.3 Å². The van der Waals surface area contributed by atoms with Crippen LogP contribution in [0.4, 0.5) is 0 Å². The highest BCUT2D eigenvalue weighted by Gasteiger charge is 2.18. The van der Waals surface area contributed by atoms with E-state index in [1.54, 1.807) is 13.2 Å². The molecule has 0 fully saturated rings. The number of methoxy groups -OCH3 is 1. The smallest absolute Gasteiger partial charge is 0.244 e. The molecule has 1 N–H and O–H groups in total. The van der Waals surface area contributed by atoms with Crippen LogP contribution in [0.25, 0.3) is 6.08 Å². The summed E-state index contributed by atoms with van der Waals surface area (Å²) in [6.45, 7) is 7.34. The van der Waals surface area contributed by atoms with Gasteiger partial charge in [0.2, 0.25) is 5.91 Å². The normalized spacial score (nSPS) is 11.4. The van der Waals surface area contributed by atoms with E-state index in [1.807, 2.05) is 42.5 Å². The van der Waals surface area contributed by atoms with Gasteiger partial charge in [-0.1, -0.05) is 51.1 Å². The molecular formula is C22H27NO3. The lowest BCUT2D eigenvalue weighted by Crippen LogP contribution is -2.26. The average molecular weight is 353 g/mol. The molecule has 0 spiro atoms. The Morgan fingerprint density at radius 3 is 2.42 bits per heavy atom. The van der Waals surface area contributed by atoms with Crippen LogP contribution in [0.2, 0.25) is 0 Å². The maximum atomic E-state index is 11.9. The van der Waals surface area contributed by atoms with E-state index < -0.39 is 0 Å². The molecule has 2 aromatic carbocycles. The van der Waals surface area contributed by atoms with E-state index in [0.717, 1.165) is 22.6 Å². The Balaban J connectivity index is 1.79. The van der Waals surface area contributed by atoms with Crippen LogP contribution in [-0.2, 0) is 10.2 Å². The third kappa shape index (κ3) is 5.96. The number of ether oxygens (including phenoxy) is 2. The molecule has 138 valence electrons. The Labute approximate surface area is 155 Å². The summed E-state index contributed by atoms with van der Waals surface area (Å²) in [4.78, 5) is 11.9. The molecule has 0 bridgehead atoms. The molecule has 0 aliphatic rings. The lowest BCUT2D eigenvalue weighted by Gasteiger charge is -2.22. The van der Waals surface area contributed by atoms with Crippen molar-refractivity contribution < 1.29 is 14.3 Å². The monoisotopic (exact) mass is 353 g/mol. The predicted molar refractivity (Wildman–Crippen MR) is 106 cm³/mol. The van der Waals surface area contributed by atoms with Gasteiger partial charge in [0, 0.05) is 6.08 Å². The first kappa shape index (κ1) is 19.6. The average Bonchev–Trinajstić information content (AvgIpc) is 2.63. The number of carbonyl (C=O) groups is 1. The minimum Gasteiger partial charge on any atom is -0.497 e. The van der Waals surface area contributed by atoms with E-state index in [0.29, 0.717) is 13.2 Å². The van der Waals surface area contributed by atoms with E-state index in [2.05, 4.69) is 32.2 Å². The van der Waals surface area contributed by atoms with Crippen LogP contribution >= 0.6 is 0 Å². The molecule has 4 heteroatoms. The van der Waals surface area contributed by atoms with Crippen molar-refractivity contribution >= 4 is 12.0 Å². The largest absolute Gasteiger partial charge is 0.497 e. The van der Waals surface area contributed by atoms with Gasteiger partial charge in [-0.25, -0.2) is 0 Å². The molecule has 0 radical (unpaired) electrons. The van der Waals surface area contributed by atoms with Crippen molar-refractivity contribution in [2.24, 2.45) is 0 Å². The van der Waals surface area contributed by atoms with Crippen LogP contribution in [0.1, 0.15) is 31.9 Å². The van der Waals surface area contributed by atoms with Crippen LogP contribution in [0.3, 0.4) is 0 Å². The van der Waals surface area contributed by atoms with Crippen molar-refractivity contribution in [3.05, 3.63) is 65.7 Å². The second-order valence-corrected chi connectivity index (χ2v) is 6.99. The molecule has 2 aromatic rings. The van der Waals surface area contributed by atoms with Crippen LogP contribution in [0.15, 0.2) is 54.6 Å². The minimum absolute atomic E-state index is 0.0148. The maximum absolute atomic E-state index is 11.9.